The number of thioether (sulfide) groups is 1. The predicted octanol–water partition coefficient (Wildman–Crippen LogP) is 2.95. The quantitative estimate of drug-likeness (QED) is 0.773. The molecule has 18 heavy (non-hydrogen) atoms. The van der Waals surface area contributed by atoms with Crippen molar-refractivity contribution in [3.05, 3.63) is 35.4 Å². The molecule has 0 saturated heterocycles. The van der Waals surface area contributed by atoms with Crippen molar-refractivity contribution >= 4 is 11.8 Å². The van der Waals surface area contributed by atoms with Crippen molar-refractivity contribution in [2.45, 2.75) is 31.8 Å². The molecule has 3 heteroatoms. The molecule has 2 nitrogen and oxygen atoms in total. The monoisotopic (exact) mass is 264 g/mol. The van der Waals surface area contributed by atoms with Gasteiger partial charge in [0.2, 0.25) is 0 Å². The molecule has 0 spiro atoms. The maximum atomic E-state index is 3.73. The van der Waals surface area contributed by atoms with Crippen molar-refractivity contribution in [2.75, 3.05) is 25.1 Å². The van der Waals surface area contributed by atoms with E-state index in [9.17, 15) is 0 Å². The molecule has 1 atom stereocenters. The summed E-state index contributed by atoms with van der Waals surface area (Å²) < 4.78 is 0. The van der Waals surface area contributed by atoms with E-state index in [0.29, 0.717) is 6.04 Å². The van der Waals surface area contributed by atoms with Gasteiger partial charge in [0, 0.05) is 12.6 Å². The topological polar surface area (TPSA) is 24.1 Å². The fourth-order valence-electron chi connectivity index (χ4n) is 2.52. The number of hydrogen-bond donors (Lipinski definition) is 2. The summed E-state index contributed by atoms with van der Waals surface area (Å²) in [6.07, 6.45) is 5.98. The summed E-state index contributed by atoms with van der Waals surface area (Å²) in [6, 6.07) is 9.36. The van der Waals surface area contributed by atoms with E-state index in [1.807, 2.05) is 11.8 Å². The van der Waals surface area contributed by atoms with Crippen molar-refractivity contribution < 1.29 is 0 Å². The molecule has 1 aromatic carbocycles. The van der Waals surface area contributed by atoms with E-state index in [4.69, 9.17) is 0 Å². The van der Waals surface area contributed by atoms with Crippen LogP contribution in [-0.2, 0) is 6.54 Å². The predicted molar refractivity (Wildman–Crippen MR) is 81.1 cm³/mol. The van der Waals surface area contributed by atoms with Gasteiger partial charge in [0.25, 0.3) is 0 Å². The van der Waals surface area contributed by atoms with Crippen molar-refractivity contribution in [1.82, 2.24) is 10.6 Å². The Labute approximate surface area is 115 Å². The lowest BCUT2D eigenvalue weighted by Gasteiger charge is -2.19. The minimum atomic E-state index is 0.533. The van der Waals surface area contributed by atoms with Crippen LogP contribution < -0.4 is 10.6 Å². The Morgan fingerprint density at radius 1 is 1.33 bits per heavy atom. The average Bonchev–Trinajstić information content (AvgIpc) is 2.61. The third kappa shape index (κ3) is 4.01. The lowest BCUT2D eigenvalue weighted by molar-refractivity contribution is 0.489. The van der Waals surface area contributed by atoms with Gasteiger partial charge in [-0.25, -0.2) is 0 Å². The number of benzene rings is 1. The van der Waals surface area contributed by atoms with Crippen molar-refractivity contribution in [3.63, 3.8) is 0 Å². The largest absolute Gasteiger partial charge is 0.313 e. The molecule has 1 aromatic rings. The Hall–Kier alpha value is -0.510. The van der Waals surface area contributed by atoms with Crippen LogP contribution in [0.15, 0.2) is 24.3 Å². The SMILES string of the molecule is CSCCCCNC1CCNCc2ccccc21. The van der Waals surface area contributed by atoms with Gasteiger partial charge in [0.15, 0.2) is 0 Å². The first-order chi connectivity index (χ1) is 8.92. The minimum absolute atomic E-state index is 0.533. The van der Waals surface area contributed by atoms with Gasteiger partial charge in [-0.2, -0.15) is 11.8 Å². The second kappa shape index (κ2) is 7.82. The van der Waals surface area contributed by atoms with Gasteiger partial charge in [-0.3, -0.25) is 0 Å². The Morgan fingerprint density at radius 3 is 3.11 bits per heavy atom. The molecule has 2 rings (SSSR count). The molecular formula is C15H24N2S. The molecule has 1 unspecified atom stereocenters. The van der Waals surface area contributed by atoms with Gasteiger partial charge < -0.3 is 10.6 Å². The molecule has 0 radical (unpaired) electrons. The fraction of sp³-hybridized carbons (Fsp3) is 0.600. The molecule has 0 aliphatic carbocycles. The van der Waals surface area contributed by atoms with E-state index in [2.05, 4.69) is 41.2 Å². The van der Waals surface area contributed by atoms with Gasteiger partial charge in [-0.15, -0.1) is 0 Å². The van der Waals surface area contributed by atoms with E-state index in [0.717, 1.165) is 19.6 Å². The van der Waals surface area contributed by atoms with E-state index >= 15 is 0 Å². The normalized spacial score (nSPS) is 19.3. The molecule has 100 valence electrons. The number of fused-ring (bicyclic) bond motifs is 1. The molecule has 0 saturated carbocycles. The highest BCUT2D eigenvalue weighted by molar-refractivity contribution is 7.98. The number of rotatable bonds is 6. The highest BCUT2D eigenvalue weighted by atomic mass is 32.2. The van der Waals surface area contributed by atoms with Gasteiger partial charge in [-0.1, -0.05) is 24.3 Å². The summed E-state index contributed by atoms with van der Waals surface area (Å²) in [6.45, 7) is 3.26. The Balaban J connectivity index is 1.88. The first kappa shape index (κ1) is 13.9. The number of nitrogens with one attached hydrogen (secondary N) is 2. The summed E-state index contributed by atoms with van der Waals surface area (Å²) in [5, 5.41) is 7.23. The number of unbranched alkanes of at least 4 members (excludes halogenated alkanes) is 1. The van der Waals surface area contributed by atoms with Gasteiger partial charge in [-0.05, 0) is 55.5 Å². The molecule has 2 N–H and O–H groups in total. The second-order valence-electron chi connectivity index (χ2n) is 4.87. The minimum Gasteiger partial charge on any atom is -0.313 e. The number of hydrogen-bond acceptors (Lipinski definition) is 3. The van der Waals surface area contributed by atoms with E-state index in [-0.39, 0.29) is 0 Å². The first-order valence-corrected chi connectivity index (χ1v) is 8.32. The van der Waals surface area contributed by atoms with Gasteiger partial charge >= 0.3 is 0 Å². The molecular weight excluding hydrogens is 240 g/mol. The van der Waals surface area contributed by atoms with Crippen LogP contribution in [0.5, 0.6) is 0 Å². The Bertz CT molecular complexity index is 354. The molecule has 0 bridgehead atoms. The van der Waals surface area contributed by atoms with Gasteiger partial charge in [0.05, 0.1) is 0 Å². The van der Waals surface area contributed by atoms with E-state index < -0.39 is 0 Å². The molecule has 0 amide bonds. The van der Waals surface area contributed by atoms with Crippen LogP contribution in [0.3, 0.4) is 0 Å². The first-order valence-electron chi connectivity index (χ1n) is 6.92. The molecule has 1 aliphatic heterocycles. The lowest BCUT2D eigenvalue weighted by atomic mass is 9.99. The molecule has 1 aliphatic rings. The van der Waals surface area contributed by atoms with Crippen molar-refractivity contribution in [2.24, 2.45) is 0 Å². The smallest absolute Gasteiger partial charge is 0.0335 e. The second-order valence-corrected chi connectivity index (χ2v) is 5.86. The zero-order chi connectivity index (χ0) is 12.6. The van der Waals surface area contributed by atoms with Crippen LogP contribution in [-0.4, -0.2) is 25.1 Å². The molecule has 0 aromatic heterocycles. The Kier molecular flexibility index (Phi) is 6.05. The average molecular weight is 264 g/mol. The van der Waals surface area contributed by atoms with Crippen LogP contribution in [0.25, 0.3) is 0 Å². The summed E-state index contributed by atoms with van der Waals surface area (Å²) >= 11 is 1.94. The van der Waals surface area contributed by atoms with Crippen LogP contribution in [0.1, 0.15) is 36.4 Å². The van der Waals surface area contributed by atoms with Crippen LogP contribution >= 0.6 is 11.8 Å². The van der Waals surface area contributed by atoms with Crippen LogP contribution in [0.4, 0.5) is 0 Å². The molecule has 0 fully saturated rings. The molecule has 1 heterocycles. The maximum Gasteiger partial charge on any atom is 0.0335 e. The van der Waals surface area contributed by atoms with Gasteiger partial charge in [0.1, 0.15) is 0 Å². The summed E-state index contributed by atoms with van der Waals surface area (Å²) in [5.41, 5.74) is 2.95. The summed E-state index contributed by atoms with van der Waals surface area (Å²) in [4.78, 5) is 0. The van der Waals surface area contributed by atoms with Crippen molar-refractivity contribution in [3.8, 4) is 0 Å². The standard InChI is InChI=1S/C15H24N2S/c1-18-11-5-4-9-17-15-8-10-16-12-13-6-2-3-7-14(13)15/h2-3,6-7,15-17H,4-5,8-12H2,1H3. The summed E-state index contributed by atoms with van der Waals surface area (Å²) in [7, 11) is 0. The maximum absolute atomic E-state index is 3.73. The van der Waals surface area contributed by atoms with E-state index in [1.54, 1.807) is 0 Å². The zero-order valence-electron chi connectivity index (χ0n) is 11.2. The highest BCUT2D eigenvalue weighted by Crippen LogP contribution is 2.23. The lowest BCUT2D eigenvalue weighted by Crippen LogP contribution is -2.24. The third-order valence-corrected chi connectivity index (χ3v) is 4.22. The Morgan fingerprint density at radius 2 is 2.22 bits per heavy atom. The van der Waals surface area contributed by atoms with Crippen LogP contribution in [0.2, 0.25) is 0 Å². The highest BCUT2D eigenvalue weighted by Gasteiger charge is 2.16. The van der Waals surface area contributed by atoms with E-state index in [1.165, 1.54) is 36.1 Å². The third-order valence-electron chi connectivity index (χ3n) is 3.52. The van der Waals surface area contributed by atoms with Crippen LogP contribution in [0, 0.1) is 0 Å². The summed E-state index contributed by atoms with van der Waals surface area (Å²) in [5.74, 6) is 1.28. The fourth-order valence-corrected chi connectivity index (χ4v) is 3.01. The van der Waals surface area contributed by atoms with Crippen molar-refractivity contribution in [1.29, 1.82) is 0 Å². The zero-order valence-corrected chi connectivity index (χ0v) is 12.1.